The molecular formula is C11H21N5. The summed E-state index contributed by atoms with van der Waals surface area (Å²) in [5.41, 5.74) is 0. The molecule has 1 aromatic rings. The van der Waals surface area contributed by atoms with E-state index < -0.39 is 0 Å². The van der Waals surface area contributed by atoms with Gasteiger partial charge in [0.05, 0.1) is 6.54 Å². The third kappa shape index (κ3) is 3.02. The highest BCUT2D eigenvalue weighted by molar-refractivity contribution is 4.86. The zero-order valence-corrected chi connectivity index (χ0v) is 9.95. The number of aromatic nitrogens is 3. The van der Waals surface area contributed by atoms with Crippen molar-refractivity contribution in [3.8, 4) is 0 Å². The lowest BCUT2D eigenvalue weighted by Gasteiger charge is -2.15. The third-order valence-corrected chi connectivity index (χ3v) is 3.16. The molecule has 1 fully saturated rings. The average molecular weight is 223 g/mol. The van der Waals surface area contributed by atoms with Gasteiger partial charge in [-0.15, -0.1) is 10.2 Å². The van der Waals surface area contributed by atoms with Crippen LogP contribution in [0.3, 0.4) is 0 Å². The molecule has 90 valence electrons. The van der Waals surface area contributed by atoms with Gasteiger partial charge in [-0.05, 0) is 39.3 Å². The lowest BCUT2D eigenvalue weighted by atomic mass is 10.1. The van der Waals surface area contributed by atoms with E-state index >= 15 is 0 Å². The molecule has 16 heavy (non-hydrogen) atoms. The van der Waals surface area contributed by atoms with Crippen LogP contribution in [0.15, 0.2) is 6.33 Å². The van der Waals surface area contributed by atoms with E-state index in [0.29, 0.717) is 6.04 Å². The Balaban J connectivity index is 1.81. The van der Waals surface area contributed by atoms with Gasteiger partial charge in [-0.1, -0.05) is 0 Å². The summed E-state index contributed by atoms with van der Waals surface area (Å²) < 4.78 is 2.09. The monoisotopic (exact) mass is 223 g/mol. The first-order valence-electron chi connectivity index (χ1n) is 6.21. The van der Waals surface area contributed by atoms with Crippen LogP contribution >= 0.6 is 0 Å². The highest BCUT2D eigenvalue weighted by atomic mass is 15.3. The Kier molecular flexibility index (Phi) is 4.30. The third-order valence-electron chi connectivity index (χ3n) is 3.16. The van der Waals surface area contributed by atoms with Crippen LogP contribution in [0.2, 0.25) is 0 Å². The Morgan fingerprint density at radius 3 is 3.31 bits per heavy atom. The first-order valence-corrected chi connectivity index (χ1v) is 6.21. The number of rotatable bonds is 4. The molecule has 1 unspecified atom stereocenters. The van der Waals surface area contributed by atoms with Crippen molar-refractivity contribution in [2.24, 2.45) is 0 Å². The Hall–Kier alpha value is -0.940. The maximum atomic E-state index is 4.13. The number of nitrogens with one attached hydrogen (secondary N) is 2. The molecule has 1 saturated heterocycles. The van der Waals surface area contributed by atoms with E-state index in [1.165, 1.54) is 19.3 Å². The fourth-order valence-corrected chi connectivity index (χ4v) is 2.14. The van der Waals surface area contributed by atoms with Crippen molar-refractivity contribution in [1.82, 2.24) is 25.4 Å². The first-order chi connectivity index (χ1) is 7.90. The maximum Gasteiger partial charge on any atom is 0.146 e. The van der Waals surface area contributed by atoms with Crippen LogP contribution in [0.5, 0.6) is 0 Å². The molecule has 0 aliphatic carbocycles. The summed E-state index contributed by atoms with van der Waals surface area (Å²) in [6.45, 7) is 6.17. The van der Waals surface area contributed by atoms with Gasteiger partial charge in [0.1, 0.15) is 12.2 Å². The van der Waals surface area contributed by atoms with Crippen LogP contribution in [0.25, 0.3) is 0 Å². The number of aryl methyl sites for hydroxylation is 1. The van der Waals surface area contributed by atoms with E-state index in [1.54, 1.807) is 6.33 Å². The number of hydrogen-bond acceptors (Lipinski definition) is 4. The molecule has 0 aromatic carbocycles. The topological polar surface area (TPSA) is 54.8 Å². The van der Waals surface area contributed by atoms with Crippen LogP contribution in [0.1, 0.15) is 32.0 Å². The summed E-state index contributed by atoms with van der Waals surface area (Å²) in [6, 6.07) is 0.622. The van der Waals surface area contributed by atoms with E-state index in [4.69, 9.17) is 0 Å². The van der Waals surface area contributed by atoms with Crippen LogP contribution in [0.4, 0.5) is 0 Å². The minimum absolute atomic E-state index is 0.622. The molecule has 1 aromatic heterocycles. The lowest BCUT2D eigenvalue weighted by molar-refractivity contribution is 0.454. The number of hydrogen-bond donors (Lipinski definition) is 2. The highest BCUT2D eigenvalue weighted by Gasteiger charge is 2.12. The second kappa shape index (κ2) is 5.96. The summed E-state index contributed by atoms with van der Waals surface area (Å²) >= 11 is 0. The van der Waals surface area contributed by atoms with E-state index in [9.17, 15) is 0 Å². The van der Waals surface area contributed by atoms with Crippen molar-refractivity contribution in [2.45, 2.75) is 45.3 Å². The summed E-state index contributed by atoms with van der Waals surface area (Å²) in [4.78, 5) is 0. The molecule has 0 radical (unpaired) electrons. The predicted molar refractivity (Wildman–Crippen MR) is 63.0 cm³/mol. The standard InChI is InChI=1S/C11H21N5/c1-2-16-9-14-15-11(16)8-13-10-4-3-6-12-7-5-10/h9-10,12-13H,2-8H2,1H3. The van der Waals surface area contributed by atoms with Crippen molar-refractivity contribution in [1.29, 1.82) is 0 Å². The summed E-state index contributed by atoms with van der Waals surface area (Å²) in [6.07, 6.45) is 5.53. The molecule has 1 aliphatic heterocycles. The van der Waals surface area contributed by atoms with Gasteiger partial charge in [0.15, 0.2) is 0 Å². The predicted octanol–water partition coefficient (Wildman–Crippen LogP) is 0.530. The Morgan fingerprint density at radius 2 is 2.44 bits per heavy atom. The maximum absolute atomic E-state index is 4.13. The molecule has 2 rings (SSSR count). The van der Waals surface area contributed by atoms with Gasteiger partial charge < -0.3 is 15.2 Å². The minimum atomic E-state index is 0.622. The fourth-order valence-electron chi connectivity index (χ4n) is 2.14. The van der Waals surface area contributed by atoms with E-state index in [2.05, 4.69) is 32.3 Å². The van der Waals surface area contributed by atoms with Gasteiger partial charge >= 0.3 is 0 Å². The van der Waals surface area contributed by atoms with Crippen LogP contribution in [-0.2, 0) is 13.1 Å². The molecule has 2 N–H and O–H groups in total. The van der Waals surface area contributed by atoms with E-state index in [1.807, 2.05) is 0 Å². The largest absolute Gasteiger partial charge is 0.317 e. The van der Waals surface area contributed by atoms with Crippen molar-refractivity contribution in [3.05, 3.63) is 12.2 Å². The molecule has 0 spiro atoms. The van der Waals surface area contributed by atoms with E-state index in [-0.39, 0.29) is 0 Å². The SMILES string of the molecule is CCn1cnnc1CNC1CCCNCC1. The van der Waals surface area contributed by atoms with Crippen LogP contribution in [-0.4, -0.2) is 33.9 Å². The Labute approximate surface area is 96.6 Å². The molecular weight excluding hydrogens is 202 g/mol. The summed E-state index contributed by atoms with van der Waals surface area (Å²) in [5.74, 6) is 1.04. The Morgan fingerprint density at radius 1 is 1.50 bits per heavy atom. The molecule has 0 amide bonds. The Bertz CT molecular complexity index is 301. The molecule has 1 atom stereocenters. The van der Waals surface area contributed by atoms with Crippen molar-refractivity contribution < 1.29 is 0 Å². The fraction of sp³-hybridized carbons (Fsp3) is 0.818. The van der Waals surface area contributed by atoms with Crippen LogP contribution < -0.4 is 10.6 Å². The normalized spacial score (nSPS) is 21.9. The molecule has 0 bridgehead atoms. The van der Waals surface area contributed by atoms with Crippen molar-refractivity contribution in [2.75, 3.05) is 13.1 Å². The van der Waals surface area contributed by atoms with Crippen molar-refractivity contribution in [3.63, 3.8) is 0 Å². The molecule has 0 saturated carbocycles. The average Bonchev–Trinajstić information content (AvgIpc) is 2.60. The van der Waals surface area contributed by atoms with Gasteiger partial charge in [-0.3, -0.25) is 0 Å². The first kappa shape index (κ1) is 11.5. The summed E-state index contributed by atoms with van der Waals surface area (Å²) in [7, 11) is 0. The quantitative estimate of drug-likeness (QED) is 0.782. The second-order valence-electron chi connectivity index (χ2n) is 4.29. The summed E-state index contributed by atoms with van der Waals surface area (Å²) in [5, 5.41) is 15.1. The van der Waals surface area contributed by atoms with Gasteiger partial charge in [-0.2, -0.15) is 0 Å². The molecule has 1 aliphatic rings. The minimum Gasteiger partial charge on any atom is -0.317 e. The van der Waals surface area contributed by atoms with Crippen LogP contribution in [0, 0.1) is 0 Å². The lowest BCUT2D eigenvalue weighted by Crippen LogP contribution is -2.30. The zero-order chi connectivity index (χ0) is 11.2. The van der Waals surface area contributed by atoms with Gasteiger partial charge in [-0.25, -0.2) is 0 Å². The second-order valence-corrected chi connectivity index (χ2v) is 4.29. The van der Waals surface area contributed by atoms with Gasteiger partial charge in [0, 0.05) is 12.6 Å². The molecule has 2 heterocycles. The van der Waals surface area contributed by atoms with E-state index in [0.717, 1.165) is 32.0 Å². The van der Waals surface area contributed by atoms with Gasteiger partial charge in [0.25, 0.3) is 0 Å². The molecule has 5 nitrogen and oxygen atoms in total. The molecule has 5 heteroatoms. The van der Waals surface area contributed by atoms with Crippen molar-refractivity contribution >= 4 is 0 Å². The number of nitrogens with zero attached hydrogens (tertiary/aromatic N) is 3. The smallest absolute Gasteiger partial charge is 0.146 e. The van der Waals surface area contributed by atoms with Gasteiger partial charge in [0.2, 0.25) is 0 Å². The zero-order valence-electron chi connectivity index (χ0n) is 9.95. The highest BCUT2D eigenvalue weighted by Crippen LogP contribution is 2.06.